The number of aromatic amines is 1. The Kier molecular flexibility index (Phi) is 6.42. The molecule has 0 unspecified atom stereocenters. The van der Waals surface area contributed by atoms with Gasteiger partial charge >= 0.3 is 0 Å². The number of hydrogen-bond acceptors (Lipinski definition) is 5. The number of carbonyl (C=O) groups is 1. The molecule has 0 fully saturated rings. The molecule has 0 aliphatic carbocycles. The maximum atomic E-state index is 12.9. The van der Waals surface area contributed by atoms with E-state index in [1.807, 2.05) is 41.3 Å². The molecule has 6 nitrogen and oxygen atoms in total. The molecule has 1 aromatic heterocycles. The van der Waals surface area contributed by atoms with Crippen LogP contribution in [0.15, 0.2) is 58.5 Å². The number of carbonyl (C=O) groups excluding carboxylic acids is 1. The van der Waals surface area contributed by atoms with Crippen LogP contribution in [0.25, 0.3) is 0 Å². The van der Waals surface area contributed by atoms with Crippen molar-refractivity contribution in [1.82, 2.24) is 14.9 Å². The molecule has 3 aromatic rings. The van der Waals surface area contributed by atoms with Gasteiger partial charge in [0.15, 0.2) is 5.16 Å². The lowest BCUT2D eigenvalue weighted by Crippen LogP contribution is -2.38. The molecule has 1 aliphatic rings. The minimum absolute atomic E-state index is 0.0401. The maximum Gasteiger partial charge on any atom is 0.255 e. The molecule has 2 aromatic carbocycles. The van der Waals surface area contributed by atoms with Crippen molar-refractivity contribution in [3.8, 4) is 5.75 Å². The van der Waals surface area contributed by atoms with E-state index in [9.17, 15) is 9.59 Å². The van der Waals surface area contributed by atoms with Gasteiger partial charge < -0.3 is 14.6 Å². The lowest BCUT2D eigenvalue weighted by atomic mass is 9.99. The molecule has 7 heteroatoms. The number of aryl methyl sites for hydroxylation is 1. The topological polar surface area (TPSA) is 75.3 Å². The highest BCUT2D eigenvalue weighted by Gasteiger charge is 2.22. The normalized spacial score (nSPS) is 13.0. The van der Waals surface area contributed by atoms with E-state index in [1.165, 1.54) is 22.9 Å². The van der Waals surface area contributed by atoms with Crippen molar-refractivity contribution in [2.24, 2.45) is 0 Å². The first kappa shape index (κ1) is 21.2. The highest BCUT2D eigenvalue weighted by molar-refractivity contribution is 7.98. The quantitative estimate of drug-likeness (QED) is 0.474. The third-order valence-electron chi connectivity index (χ3n) is 5.52. The van der Waals surface area contributed by atoms with Crippen LogP contribution in [0.2, 0.25) is 0 Å². The van der Waals surface area contributed by atoms with E-state index < -0.39 is 0 Å². The van der Waals surface area contributed by atoms with Crippen molar-refractivity contribution in [3.63, 3.8) is 0 Å². The van der Waals surface area contributed by atoms with Crippen molar-refractivity contribution in [2.45, 2.75) is 37.2 Å². The third kappa shape index (κ3) is 4.99. The minimum Gasteiger partial charge on any atom is -0.497 e. The van der Waals surface area contributed by atoms with E-state index in [1.54, 1.807) is 14.0 Å². The molecule has 0 radical (unpaired) electrons. The van der Waals surface area contributed by atoms with Gasteiger partial charge in [-0.3, -0.25) is 9.59 Å². The summed E-state index contributed by atoms with van der Waals surface area (Å²) < 4.78 is 5.25. The Balaban J connectivity index is 1.42. The second-order valence-electron chi connectivity index (χ2n) is 7.59. The standard InChI is InChI=1S/C24H25N3O3S/c1-16-21(13-22(28)27-11-10-18-7-3-4-8-19(18)14-27)23(29)26-24(25-16)31-15-17-6-5-9-20(12-17)30-2/h3-9,12H,10-11,13-15H2,1-2H3,(H,25,26,29). The number of H-pyrrole nitrogens is 1. The van der Waals surface area contributed by atoms with Crippen LogP contribution in [0.3, 0.4) is 0 Å². The van der Waals surface area contributed by atoms with E-state index in [2.05, 4.69) is 22.1 Å². The number of nitrogens with one attached hydrogen (secondary N) is 1. The molecule has 1 N–H and O–H groups in total. The number of fused-ring (bicyclic) bond motifs is 1. The Morgan fingerprint density at radius 3 is 2.77 bits per heavy atom. The van der Waals surface area contributed by atoms with Gasteiger partial charge in [0, 0.05) is 30.1 Å². The molecule has 0 bridgehead atoms. The average Bonchev–Trinajstić information content (AvgIpc) is 2.79. The minimum atomic E-state index is -0.244. The maximum absolute atomic E-state index is 12.9. The summed E-state index contributed by atoms with van der Waals surface area (Å²) in [6, 6.07) is 16.0. The summed E-state index contributed by atoms with van der Waals surface area (Å²) in [7, 11) is 1.64. The average molecular weight is 436 g/mol. The van der Waals surface area contributed by atoms with Crippen molar-refractivity contribution >= 4 is 17.7 Å². The Hall–Kier alpha value is -3.06. The summed E-state index contributed by atoms with van der Waals surface area (Å²) in [6.07, 6.45) is 0.909. The third-order valence-corrected chi connectivity index (χ3v) is 6.47. The van der Waals surface area contributed by atoms with Crippen LogP contribution in [0.1, 0.15) is 27.9 Å². The molecular weight excluding hydrogens is 410 g/mol. The fourth-order valence-corrected chi connectivity index (χ4v) is 4.60. The predicted octanol–water partition coefficient (Wildman–Crippen LogP) is 3.51. The van der Waals surface area contributed by atoms with Crippen LogP contribution in [-0.2, 0) is 29.9 Å². The molecule has 160 valence electrons. The Morgan fingerprint density at radius 1 is 1.19 bits per heavy atom. The second-order valence-corrected chi connectivity index (χ2v) is 8.55. The van der Waals surface area contributed by atoms with E-state index in [0.717, 1.165) is 17.7 Å². The van der Waals surface area contributed by atoms with Crippen LogP contribution in [0.4, 0.5) is 0 Å². The van der Waals surface area contributed by atoms with Crippen LogP contribution in [0, 0.1) is 6.92 Å². The summed E-state index contributed by atoms with van der Waals surface area (Å²) >= 11 is 1.45. The van der Waals surface area contributed by atoms with Crippen molar-refractivity contribution in [2.75, 3.05) is 13.7 Å². The van der Waals surface area contributed by atoms with Gasteiger partial charge in [0.1, 0.15) is 5.75 Å². The first-order valence-corrected chi connectivity index (χ1v) is 11.2. The molecule has 31 heavy (non-hydrogen) atoms. The van der Waals surface area contributed by atoms with Gasteiger partial charge in [0.05, 0.1) is 13.5 Å². The van der Waals surface area contributed by atoms with Crippen LogP contribution in [-0.4, -0.2) is 34.4 Å². The van der Waals surface area contributed by atoms with Crippen molar-refractivity contribution in [1.29, 1.82) is 0 Å². The molecule has 0 saturated carbocycles. The van der Waals surface area contributed by atoms with E-state index in [4.69, 9.17) is 4.74 Å². The van der Waals surface area contributed by atoms with Crippen molar-refractivity contribution < 1.29 is 9.53 Å². The first-order chi connectivity index (χ1) is 15.0. The Morgan fingerprint density at radius 2 is 2.00 bits per heavy atom. The number of benzene rings is 2. The van der Waals surface area contributed by atoms with Gasteiger partial charge in [0.2, 0.25) is 5.91 Å². The zero-order valence-corrected chi connectivity index (χ0v) is 18.5. The summed E-state index contributed by atoms with van der Waals surface area (Å²) in [4.78, 5) is 34.7. The van der Waals surface area contributed by atoms with Gasteiger partial charge in [-0.15, -0.1) is 0 Å². The van der Waals surface area contributed by atoms with E-state index in [-0.39, 0.29) is 17.9 Å². The number of amides is 1. The molecule has 4 rings (SSSR count). The summed E-state index contributed by atoms with van der Waals surface area (Å²) in [6.45, 7) is 3.06. The van der Waals surface area contributed by atoms with Crippen LogP contribution < -0.4 is 10.3 Å². The van der Waals surface area contributed by atoms with Crippen LogP contribution >= 0.6 is 11.8 Å². The van der Waals surface area contributed by atoms with Crippen molar-refractivity contribution in [3.05, 3.63) is 86.8 Å². The predicted molar refractivity (Wildman–Crippen MR) is 121 cm³/mol. The second kappa shape index (κ2) is 9.39. The molecule has 0 saturated heterocycles. The number of ether oxygens (including phenoxy) is 1. The number of nitrogens with zero attached hydrogens (tertiary/aromatic N) is 2. The van der Waals surface area contributed by atoms with Crippen LogP contribution in [0.5, 0.6) is 5.75 Å². The number of hydrogen-bond donors (Lipinski definition) is 1. The van der Waals surface area contributed by atoms with E-state index >= 15 is 0 Å². The fourth-order valence-electron chi connectivity index (χ4n) is 3.75. The molecular formula is C24H25N3O3S. The van der Waals surface area contributed by atoms with Gasteiger partial charge in [-0.1, -0.05) is 48.2 Å². The number of methoxy groups -OCH3 is 1. The Bertz CT molecular complexity index is 1160. The first-order valence-electron chi connectivity index (χ1n) is 10.2. The summed E-state index contributed by atoms with van der Waals surface area (Å²) in [5.41, 5.74) is 4.34. The van der Waals surface area contributed by atoms with Gasteiger partial charge in [-0.05, 0) is 42.2 Å². The monoisotopic (exact) mass is 435 g/mol. The lowest BCUT2D eigenvalue weighted by Gasteiger charge is -2.29. The highest BCUT2D eigenvalue weighted by atomic mass is 32.2. The van der Waals surface area contributed by atoms with Gasteiger partial charge in [-0.2, -0.15) is 0 Å². The molecule has 0 spiro atoms. The molecule has 1 amide bonds. The SMILES string of the molecule is COc1cccc(CSc2nc(C)c(CC(=O)N3CCc4ccccc4C3)c(=O)[nH]2)c1. The summed E-state index contributed by atoms with van der Waals surface area (Å²) in [5, 5.41) is 0.549. The molecule has 0 atom stereocenters. The zero-order valence-electron chi connectivity index (χ0n) is 17.7. The highest BCUT2D eigenvalue weighted by Crippen LogP contribution is 2.23. The summed E-state index contributed by atoms with van der Waals surface area (Å²) in [5.74, 6) is 1.41. The Labute approximate surface area is 185 Å². The lowest BCUT2D eigenvalue weighted by molar-refractivity contribution is -0.131. The number of aromatic nitrogens is 2. The largest absolute Gasteiger partial charge is 0.497 e. The fraction of sp³-hybridized carbons (Fsp3) is 0.292. The van der Waals surface area contributed by atoms with E-state index in [0.29, 0.717) is 35.3 Å². The van der Waals surface area contributed by atoms with Gasteiger partial charge in [-0.25, -0.2) is 4.98 Å². The number of thioether (sulfide) groups is 1. The molecule has 2 heterocycles. The molecule has 1 aliphatic heterocycles. The zero-order chi connectivity index (χ0) is 21.8. The number of rotatable bonds is 6. The van der Waals surface area contributed by atoms with Gasteiger partial charge in [0.25, 0.3) is 5.56 Å². The smallest absolute Gasteiger partial charge is 0.255 e.